The van der Waals surface area contributed by atoms with E-state index in [0.717, 1.165) is 45.0 Å². The Hall–Kier alpha value is -1.99. The first-order valence-electron chi connectivity index (χ1n) is 7.11. The topological polar surface area (TPSA) is 74.0 Å². The van der Waals surface area contributed by atoms with Crippen LogP contribution in [0.4, 0.5) is 0 Å². The van der Waals surface area contributed by atoms with Crippen molar-refractivity contribution in [2.24, 2.45) is 0 Å². The average Bonchev–Trinajstić information content (AvgIpc) is 2.89. The van der Waals surface area contributed by atoms with Crippen LogP contribution >= 0.6 is 0 Å². The monoisotopic (exact) mass is 289 g/mol. The molecule has 1 fully saturated rings. The number of nitrogens with zero attached hydrogens (tertiary/aromatic N) is 5. The van der Waals surface area contributed by atoms with E-state index in [0.29, 0.717) is 5.65 Å². The summed E-state index contributed by atoms with van der Waals surface area (Å²) in [7, 11) is 2.14. The minimum Gasteiger partial charge on any atom is -0.478 e. The van der Waals surface area contributed by atoms with E-state index in [4.69, 9.17) is 5.11 Å². The lowest BCUT2D eigenvalue weighted by Gasteiger charge is -2.32. The van der Waals surface area contributed by atoms with Gasteiger partial charge in [-0.1, -0.05) is 0 Å². The van der Waals surface area contributed by atoms with E-state index in [1.165, 1.54) is 0 Å². The Kier molecular flexibility index (Phi) is 3.85. The summed E-state index contributed by atoms with van der Waals surface area (Å²) in [6.07, 6.45) is 2.37. The molecule has 7 nitrogen and oxygen atoms in total. The highest BCUT2D eigenvalue weighted by Gasteiger charge is 2.15. The number of aromatic carboxylic acids is 1. The zero-order chi connectivity index (χ0) is 14.8. The molecule has 0 bridgehead atoms. The van der Waals surface area contributed by atoms with Crippen molar-refractivity contribution in [1.82, 2.24) is 24.4 Å². The first kappa shape index (κ1) is 14.0. The Balaban J connectivity index is 1.71. The summed E-state index contributed by atoms with van der Waals surface area (Å²) in [6, 6.07) is 3.24. The van der Waals surface area contributed by atoms with E-state index in [-0.39, 0.29) is 5.56 Å². The van der Waals surface area contributed by atoms with Crippen LogP contribution in [-0.4, -0.2) is 75.2 Å². The molecule has 2 aromatic rings. The largest absolute Gasteiger partial charge is 0.478 e. The van der Waals surface area contributed by atoms with Crippen molar-refractivity contribution in [2.45, 2.75) is 6.42 Å². The smallest absolute Gasteiger partial charge is 0.337 e. The average molecular weight is 289 g/mol. The Morgan fingerprint density at radius 1 is 1.24 bits per heavy atom. The van der Waals surface area contributed by atoms with Crippen LogP contribution in [0, 0.1) is 0 Å². The van der Waals surface area contributed by atoms with Crippen molar-refractivity contribution < 1.29 is 9.90 Å². The number of fused-ring (bicyclic) bond motifs is 1. The van der Waals surface area contributed by atoms with Gasteiger partial charge in [0.25, 0.3) is 0 Å². The summed E-state index contributed by atoms with van der Waals surface area (Å²) < 4.78 is 1.78. The number of carboxylic acid groups (broad SMARTS) is 1. The highest BCUT2D eigenvalue weighted by molar-refractivity contribution is 5.87. The van der Waals surface area contributed by atoms with Gasteiger partial charge >= 0.3 is 5.97 Å². The maximum atomic E-state index is 11.0. The minimum absolute atomic E-state index is 0.253. The Labute approximate surface area is 122 Å². The fourth-order valence-electron chi connectivity index (χ4n) is 2.56. The molecular weight excluding hydrogens is 270 g/mol. The molecule has 21 heavy (non-hydrogen) atoms. The number of aromatic nitrogens is 3. The fraction of sp³-hybridized carbons (Fsp3) is 0.500. The molecule has 0 unspecified atom stereocenters. The second kappa shape index (κ2) is 5.79. The molecule has 112 valence electrons. The summed E-state index contributed by atoms with van der Waals surface area (Å²) in [5, 5.41) is 17.3. The molecule has 0 aromatic carbocycles. The molecule has 3 rings (SSSR count). The Morgan fingerprint density at radius 3 is 2.71 bits per heavy atom. The number of carbonyl (C=O) groups is 1. The molecule has 7 heteroatoms. The number of hydrogen-bond acceptors (Lipinski definition) is 5. The van der Waals surface area contributed by atoms with E-state index >= 15 is 0 Å². The first-order chi connectivity index (χ1) is 10.1. The van der Waals surface area contributed by atoms with Gasteiger partial charge < -0.3 is 14.9 Å². The highest BCUT2D eigenvalue weighted by atomic mass is 16.4. The SMILES string of the molecule is CN1CCN(CCc2nnc3ccc(C(=O)O)cn23)CC1. The number of pyridine rings is 1. The quantitative estimate of drug-likeness (QED) is 0.868. The molecule has 0 saturated carbocycles. The molecule has 1 aliphatic rings. The van der Waals surface area contributed by atoms with Gasteiger partial charge in [-0.2, -0.15) is 0 Å². The number of carboxylic acids is 1. The van der Waals surface area contributed by atoms with Crippen LogP contribution in [0.3, 0.4) is 0 Å². The number of hydrogen-bond donors (Lipinski definition) is 1. The Morgan fingerprint density at radius 2 is 2.00 bits per heavy atom. The van der Waals surface area contributed by atoms with Crippen LogP contribution in [0.25, 0.3) is 5.65 Å². The van der Waals surface area contributed by atoms with E-state index in [1.807, 2.05) is 0 Å². The van der Waals surface area contributed by atoms with E-state index in [1.54, 1.807) is 22.7 Å². The molecule has 0 atom stereocenters. The van der Waals surface area contributed by atoms with Crippen LogP contribution in [0.5, 0.6) is 0 Å². The minimum atomic E-state index is -0.935. The molecule has 0 amide bonds. The summed E-state index contributed by atoms with van der Waals surface area (Å²) in [5.41, 5.74) is 0.941. The van der Waals surface area contributed by atoms with Gasteiger partial charge in [-0.3, -0.25) is 4.40 Å². The molecule has 0 radical (unpaired) electrons. The standard InChI is InChI=1S/C14H19N5O2/c1-17-6-8-18(9-7-17)5-4-13-16-15-12-3-2-11(14(20)21)10-19(12)13/h2-3,10H,4-9H2,1H3,(H,20,21). The summed E-state index contributed by atoms with van der Waals surface area (Å²) >= 11 is 0. The maximum absolute atomic E-state index is 11.0. The molecular formula is C14H19N5O2. The van der Waals surface area contributed by atoms with Gasteiger partial charge in [-0.25, -0.2) is 4.79 Å². The van der Waals surface area contributed by atoms with E-state index in [2.05, 4.69) is 27.0 Å². The molecule has 1 N–H and O–H groups in total. The lowest BCUT2D eigenvalue weighted by molar-refractivity contribution is 0.0696. The van der Waals surface area contributed by atoms with Crippen LogP contribution in [-0.2, 0) is 6.42 Å². The zero-order valence-corrected chi connectivity index (χ0v) is 12.1. The third-order valence-corrected chi connectivity index (χ3v) is 3.97. The lowest BCUT2D eigenvalue weighted by Crippen LogP contribution is -2.45. The van der Waals surface area contributed by atoms with Crippen molar-refractivity contribution in [1.29, 1.82) is 0 Å². The maximum Gasteiger partial charge on any atom is 0.337 e. The van der Waals surface area contributed by atoms with E-state index < -0.39 is 5.97 Å². The lowest BCUT2D eigenvalue weighted by atomic mass is 10.2. The number of likely N-dealkylation sites (N-methyl/N-ethyl adjacent to an activating group) is 1. The molecule has 0 aliphatic carbocycles. The van der Waals surface area contributed by atoms with Gasteiger partial charge in [0, 0.05) is 45.3 Å². The van der Waals surface area contributed by atoms with Gasteiger partial charge in [0.05, 0.1) is 5.56 Å². The number of piperazine rings is 1. The first-order valence-corrected chi connectivity index (χ1v) is 7.11. The predicted octanol–water partition coefficient (Wildman–Crippen LogP) is 0.217. The number of rotatable bonds is 4. The predicted molar refractivity (Wildman–Crippen MR) is 77.6 cm³/mol. The molecule has 0 spiro atoms. The van der Waals surface area contributed by atoms with Crippen LogP contribution in [0.1, 0.15) is 16.2 Å². The molecule has 1 saturated heterocycles. The van der Waals surface area contributed by atoms with Crippen molar-refractivity contribution in [3.63, 3.8) is 0 Å². The normalized spacial score (nSPS) is 17.4. The summed E-state index contributed by atoms with van der Waals surface area (Å²) in [4.78, 5) is 15.8. The van der Waals surface area contributed by atoms with Crippen LogP contribution in [0.2, 0.25) is 0 Å². The van der Waals surface area contributed by atoms with Gasteiger partial charge in [0.2, 0.25) is 0 Å². The van der Waals surface area contributed by atoms with Crippen molar-refractivity contribution in [3.8, 4) is 0 Å². The van der Waals surface area contributed by atoms with Crippen LogP contribution in [0.15, 0.2) is 18.3 Å². The summed E-state index contributed by atoms with van der Waals surface area (Å²) in [5.74, 6) is -0.123. The van der Waals surface area contributed by atoms with Crippen molar-refractivity contribution >= 4 is 11.6 Å². The van der Waals surface area contributed by atoms with Gasteiger partial charge in [0.15, 0.2) is 5.65 Å². The summed E-state index contributed by atoms with van der Waals surface area (Å²) in [6.45, 7) is 5.22. The third kappa shape index (κ3) is 3.03. The zero-order valence-electron chi connectivity index (χ0n) is 12.1. The highest BCUT2D eigenvalue weighted by Crippen LogP contribution is 2.09. The van der Waals surface area contributed by atoms with Gasteiger partial charge in [-0.15, -0.1) is 10.2 Å². The van der Waals surface area contributed by atoms with Crippen molar-refractivity contribution in [2.75, 3.05) is 39.8 Å². The van der Waals surface area contributed by atoms with E-state index in [9.17, 15) is 4.79 Å². The van der Waals surface area contributed by atoms with Gasteiger partial charge in [-0.05, 0) is 19.2 Å². The molecule has 1 aliphatic heterocycles. The van der Waals surface area contributed by atoms with Crippen LogP contribution < -0.4 is 0 Å². The Bertz CT molecular complexity index is 646. The fourth-order valence-corrected chi connectivity index (χ4v) is 2.56. The second-order valence-electron chi connectivity index (χ2n) is 5.46. The van der Waals surface area contributed by atoms with Crippen molar-refractivity contribution in [3.05, 3.63) is 29.7 Å². The third-order valence-electron chi connectivity index (χ3n) is 3.97. The molecule has 2 aromatic heterocycles. The van der Waals surface area contributed by atoms with Gasteiger partial charge in [0.1, 0.15) is 5.82 Å². The second-order valence-corrected chi connectivity index (χ2v) is 5.46. The molecule has 3 heterocycles.